The molecule has 0 radical (unpaired) electrons. The first-order valence-electron chi connectivity index (χ1n) is 6.85. The highest BCUT2D eigenvalue weighted by Crippen LogP contribution is 2.33. The SMILES string of the molecule is CCN(c1cccc(C)c1)c1cc2[nH]c(=O)oc2cc1N. The van der Waals surface area contributed by atoms with E-state index in [1.54, 1.807) is 6.07 Å². The van der Waals surface area contributed by atoms with Crippen molar-refractivity contribution < 1.29 is 4.42 Å². The number of oxazole rings is 1. The Balaban J connectivity index is 2.16. The molecule has 3 aromatic rings. The number of aromatic nitrogens is 1. The average Bonchev–Trinajstić information content (AvgIpc) is 2.79. The second kappa shape index (κ2) is 5.01. The van der Waals surface area contributed by atoms with E-state index in [-0.39, 0.29) is 0 Å². The predicted octanol–water partition coefficient (Wildman–Crippen LogP) is 3.17. The van der Waals surface area contributed by atoms with E-state index in [0.29, 0.717) is 16.8 Å². The number of rotatable bonds is 3. The van der Waals surface area contributed by atoms with Gasteiger partial charge in [0.15, 0.2) is 5.58 Å². The molecule has 3 rings (SSSR count). The van der Waals surface area contributed by atoms with E-state index < -0.39 is 5.76 Å². The normalized spacial score (nSPS) is 11.0. The Kier molecular flexibility index (Phi) is 3.17. The molecule has 0 saturated carbocycles. The van der Waals surface area contributed by atoms with Gasteiger partial charge in [0, 0.05) is 18.3 Å². The van der Waals surface area contributed by atoms with E-state index in [1.807, 2.05) is 18.2 Å². The third kappa shape index (κ3) is 2.38. The minimum Gasteiger partial charge on any atom is -0.408 e. The Hall–Kier alpha value is -2.69. The lowest BCUT2D eigenvalue weighted by Crippen LogP contribution is -2.17. The van der Waals surface area contributed by atoms with Gasteiger partial charge in [0.05, 0.1) is 16.9 Å². The second-order valence-corrected chi connectivity index (χ2v) is 5.00. The zero-order valence-corrected chi connectivity index (χ0v) is 12.0. The average molecular weight is 283 g/mol. The van der Waals surface area contributed by atoms with Crippen LogP contribution in [0.15, 0.2) is 45.6 Å². The maximum atomic E-state index is 11.3. The fourth-order valence-corrected chi connectivity index (χ4v) is 2.52. The van der Waals surface area contributed by atoms with Crippen molar-refractivity contribution in [3.63, 3.8) is 0 Å². The van der Waals surface area contributed by atoms with Crippen molar-refractivity contribution in [3.8, 4) is 0 Å². The largest absolute Gasteiger partial charge is 0.417 e. The van der Waals surface area contributed by atoms with E-state index in [2.05, 4.69) is 35.9 Å². The smallest absolute Gasteiger partial charge is 0.408 e. The number of hydrogen-bond acceptors (Lipinski definition) is 4. The van der Waals surface area contributed by atoms with Crippen LogP contribution >= 0.6 is 0 Å². The fraction of sp³-hybridized carbons (Fsp3) is 0.188. The lowest BCUT2D eigenvalue weighted by atomic mass is 10.1. The van der Waals surface area contributed by atoms with E-state index in [1.165, 1.54) is 5.56 Å². The summed E-state index contributed by atoms with van der Waals surface area (Å²) in [6.07, 6.45) is 0. The van der Waals surface area contributed by atoms with Gasteiger partial charge in [-0.1, -0.05) is 12.1 Å². The lowest BCUT2D eigenvalue weighted by molar-refractivity contribution is 0.555. The van der Waals surface area contributed by atoms with Gasteiger partial charge in [-0.25, -0.2) is 4.79 Å². The molecule has 0 atom stereocenters. The van der Waals surface area contributed by atoms with Gasteiger partial charge in [0.2, 0.25) is 0 Å². The molecule has 5 heteroatoms. The maximum Gasteiger partial charge on any atom is 0.417 e. The van der Waals surface area contributed by atoms with Gasteiger partial charge in [-0.2, -0.15) is 0 Å². The molecule has 0 fully saturated rings. The second-order valence-electron chi connectivity index (χ2n) is 5.00. The van der Waals surface area contributed by atoms with Crippen molar-refractivity contribution in [2.45, 2.75) is 13.8 Å². The summed E-state index contributed by atoms with van der Waals surface area (Å²) in [5, 5.41) is 0. The van der Waals surface area contributed by atoms with Crippen LogP contribution in [0, 0.1) is 6.92 Å². The highest BCUT2D eigenvalue weighted by molar-refractivity contribution is 5.87. The van der Waals surface area contributed by atoms with Gasteiger partial charge in [-0.05, 0) is 37.6 Å². The minimum absolute atomic E-state index is 0.472. The molecule has 0 aliphatic rings. The van der Waals surface area contributed by atoms with Crippen LogP contribution in [0.4, 0.5) is 17.1 Å². The van der Waals surface area contributed by atoms with Crippen molar-refractivity contribution in [3.05, 3.63) is 52.5 Å². The lowest BCUT2D eigenvalue weighted by Gasteiger charge is -2.25. The Morgan fingerprint density at radius 1 is 1.29 bits per heavy atom. The van der Waals surface area contributed by atoms with Crippen molar-refractivity contribution in [1.82, 2.24) is 4.98 Å². The molecule has 0 spiro atoms. The first-order chi connectivity index (χ1) is 10.1. The zero-order valence-electron chi connectivity index (χ0n) is 12.0. The van der Waals surface area contributed by atoms with Gasteiger partial charge >= 0.3 is 5.76 Å². The number of aryl methyl sites for hydroxylation is 1. The third-order valence-corrected chi connectivity index (χ3v) is 3.49. The molecule has 0 aliphatic heterocycles. The number of nitrogens with one attached hydrogen (secondary N) is 1. The zero-order chi connectivity index (χ0) is 15.0. The Bertz CT molecular complexity index is 848. The van der Waals surface area contributed by atoms with E-state index in [9.17, 15) is 4.79 Å². The highest BCUT2D eigenvalue weighted by atomic mass is 16.4. The molecule has 0 amide bonds. The summed E-state index contributed by atoms with van der Waals surface area (Å²) < 4.78 is 5.03. The van der Waals surface area contributed by atoms with Crippen LogP contribution in [-0.2, 0) is 0 Å². The van der Waals surface area contributed by atoms with Gasteiger partial charge in [0.25, 0.3) is 0 Å². The molecule has 108 valence electrons. The van der Waals surface area contributed by atoms with E-state index in [4.69, 9.17) is 10.2 Å². The molecular weight excluding hydrogens is 266 g/mol. The number of fused-ring (bicyclic) bond motifs is 1. The van der Waals surface area contributed by atoms with Crippen LogP contribution in [0.1, 0.15) is 12.5 Å². The summed E-state index contributed by atoms with van der Waals surface area (Å²) in [6, 6.07) is 11.7. The van der Waals surface area contributed by atoms with E-state index >= 15 is 0 Å². The summed E-state index contributed by atoms with van der Waals surface area (Å²) in [4.78, 5) is 16.1. The minimum atomic E-state index is -0.472. The number of benzene rings is 2. The van der Waals surface area contributed by atoms with Crippen LogP contribution in [-0.4, -0.2) is 11.5 Å². The summed E-state index contributed by atoms with van der Waals surface area (Å²) >= 11 is 0. The van der Waals surface area contributed by atoms with Crippen LogP contribution in [0.2, 0.25) is 0 Å². The number of H-pyrrole nitrogens is 1. The standard InChI is InChI=1S/C16H17N3O2/c1-3-19(11-6-4-5-10(2)7-11)14-9-13-15(8-12(14)17)21-16(20)18-13/h4-9H,3,17H2,1-2H3,(H,18,20). The Morgan fingerprint density at radius 2 is 2.10 bits per heavy atom. The monoisotopic (exact) mass is 283 g/mol. The van der Waals surface area contributed by atoms with Crippen LogP contribution in [0.3, 0.4) is 0 Å². The molecule has 1 aromatic heterocycles. The van der Waals surface area contributed by atoms with Crippen molar-refractivity contribution in [2.24, 2.45) is 0 Å². The number of nitrogens with zero attached hydrogens (tertiary/aromatic N) is 1. The molecule has 0 saturated heterocycles. The molecule has 0 unspecified atom stereocenters. The molecule has 0 bridgehead atoms. The number of hydrogen-bond donors (Lipinski definition) is 2. The van der Waals surface area contributed by atoms with Crippen molar-refractivity contribution >= 4 is 28.2 Å². The summed E-state index contributed by atoms with van der Waals surface area (Å²) in [7, 11) is 0. The predicted molar refractivity (Wildman–Crippen MR) is 85.1 cm³/mol. The molecular formula is C16H17N3O2. The molecule has 0 aliphatic carbocycles. The van der Waals surface area contributed by atoms with Gasteiger partial charge in [-0.3, -0.25) is 4.98 Å². The number of aromatic amines is 1. The molecule has 5 nitrogen and oxygen atoms in total. The maximum absolute atomic E-state index is 11.3. The summed E-state index contributed by atoms with van der Waals surface area (Å²) in [6.45, 7) is 4.88. The van der Waals surface area contributed by atoms with Gasteiger partial charge in [-0.15, -0.1) is 0 Å². The molecule has 2 aromatic carbocycles. The Labute approximate surface area is 122 Å². The van der Waals surface area contributed by atoms with Crippen molar-refractivity contribution in [2.75, 3.05) is 17.2 Å². The molecule has 21 heavy (non-hydrogen) atoms. The molecule has 3 N–H and O–H groups in total. The third-order valence-electron chi connectivity index (χ3n) is 3.49. The quantitative estimate of drug-likeness (QED) is 0.724. The van der Waals surface area contributed by atoms with Crippen LogP contribution < -0.4 is 16.4 Å². The number of nitrogens with two attached hydrogens (primary N) is 1. The highest BCUT2D eigenvalue weighted by Gasteiger charge is 2.14. The first-order valence-corrected chi connectivity index (χ1v) is 6.85. The molecule has 1 heterocycles. The van der Waals surface area contributed by atoms with Crippen LogP contribution in [0.25, 0.3) is 11.1 Å². The Morgan fingerprint density at radius 3 is 2.81 bits per heavy atom. The van der Waals surface area contributed by atoms with Gasteiger partial charge < -0.3 is 15.1 Å². The summed E-state index contributed by atoms with van der Waals surface area (Å²) in [5.41, 5.74) is 10.9. The summed E-state index contributed by atoms with van der Waals surface area (Å²) in [5.74, 6) is -0.472. The van der Waals surface area contributed by atoms with E-state index in [0.717, 1.165) is 17.9 Å². The van der Waals surface area contributed by atoms with Crippen molar-refractivity contribution in [1.29, 1.82) is 0 Å². The first kappa shape index (κ1) is 13.3. The fourth-order valence-electron chi connectivity index (χ4n) is 2.52. The number of anilines is 3. The topological polar surface area (TPSA) is 75.3 Å². The van der Waals surface area contributed by atoms with Gasteiger partial charge in [0.1, 0.15) is 0 Å². The number of nitrogen functional groups attached to an aromatic ring is 1. The van der Waals surface area contributed by atoms with Crippen LogP contribution in [0.5, 0.6) is 0 Å².